The molecule has 0 radical (unpaired) electrons. The quantitative estimate of drug-likeness (QED) is 0.435. The van der Waals surface area contributed by atoms with Crippen molar-refractivity contribution in [3.63, 3.8) is 0 Å². The molecular formula is C20H14Cl2N2O5S2. The van der Waals surface area contributed by atoms with Crippen LogP contribution in [0, 0.1) is 0 Å². The van der Waals surface area contributed by atoms with E-state index >= 15 is 0 Å². The summed E-state index contributed by atoms with van der Waals surface area (Å²) in [6.07, 6.45) is 1.50. The summed E-state index contributed by atoms with van der Waals surface area (Å²) in [6, 6.07) is 11.3. The molecule has 0 aromatic heterocycles. The molecule has 1 saturated heterocycles. The zero-order valence-corrected chi connectivity index (χ0v) is 18.8. The molecule has 7 nitrogen and oxygen atoms in total. The normalized spacial score (nSPS) is 14.8. The summed E-state index contributed by atoms with van der Waals surface area (Å²) in [4.78, 5) is 36.8. The van der Waals surface area contributed by atoms with Gasteiger partial charge in [0.05, 0.1) is 4.91 Å². The van der Waals surface area contributed by atoms with Crippen molar-refractivity contribution in [1.82, 2.24) is 4.90 Å². The lowest BCUT2D eigenvalue weighted by Crippen LogP contribution is -2.33. The molecule has 0 spiro atoms. The van der Waals surface area contributed by atoms with Crippen LogP contribution in [-0.2, 0) is 14.4 Å². The van der Waals surface area contributed by atoms with E-state index in [2.05, 4.69) is 5.32 Å². The Bertz CT molecular complexity index is 1090. The lowest BCUT2D eigenvalue weighted by molar-refractivity contribution is -0.140. The average Bonchev–Trinajstić information content (AvgIpc) is 2.96. The first-order valence-electron chi connectivity index (χ1n) is 8.68. The van der Waals surface area contributed by atoms with E-state index in [1.807, 2.05) is 0 Å². The molecule has 2 N–H and O–H groups in total. The van der Waals surface area contributed by atoms with E-state index in [0.29, 0.717) is 27.0 Å². The average molecular weight is 497 g/mol. The highest BCUT2D eigenvalue weighted by Crippen LogP contribution is 2.35. The van der Waals surface area contributed by atoms with E-state index in [1.54, 1.807) is 42.5 Å². The van der Waals surface area contributed by atoms with Crippen molar-refractivity contribution in [3.05, 3.63) is 63.0 Å². The van der Waals surface area contributed by atoms with E-state index in [1.165, 1.54) is 6.08 Å². The Hall–Kier alpha value is -2.59. The van der Waals surface area contributed by atoms with Crippen molar-refractivity contribution in [3.8, 4) is 5.75 Å². The molecule has 2 aromatic carbocycles. The number of thioether (sulfide) groups is 1. The van der Waals surface area contributed by atoms with Crippen LogP contribution in [0.1, 0.15) is 5.56 Å². The van der Waals surface area contributed by atoms with Gasteiger partial charge in [0.2, 0.25) is 0 Å². The molecule has 0 bridgehead atoms. The minimum atomic E-state index is -1.17. The summed E-state index contributed by atoms with van der Waals surface area (Å²) < 4.78 is 5.76. The highest BCUT2D eigenvalue weighted by Gasteiger charge is 2.33. The van der Waals surface area contributed by atoms with Gasteiger partial charge in [0, 0.05) is 21.3 Å². The number of thiocarbonyl (C=S) groups is 1. The van der Waals surface area contributed by atoms with Crippen LogP contribution < -0.4 is 10.1 Å². The van der Waals surface area contributed by atoms with Crippen LogP contribution in [0.3, 0.4) is 0 Å². The van der Waals surface area contributed by atoms with E-state index in [0.717, 1.165) is 16.7 Å². The lowest BCUT2D eigenvalue weighted by Gasteiger charge is -2.11. The minimum absolute atomic E-state index is 0.144. The number of rotatable bonds is 7. The van der Waals surface area contributed by atoms with Crippen LogP contribution in [0.4, 0.5) is 5.69 Å². The first-order valence-corrected chi connectivity index (χ1v) is 10.7. The smallest absolute Gasteiger partial charge is 0.323 e. The Morgan fingerprint density at radius 2 is 1.84 bits per heavy atom. The molecule has 0 unspecified atom stereocenters. The van der Waals surface area contributed by atoms with Crippen LogP contribution >= 0.6 is 47.2 Å². The van der Waals surface area contributed by atoms with Crippen molar-refractivity contribution in [1.29, 1.82) is 0 Å². The number of carboxylic acid groups (broad SMARTS) is 1. The Morgan fingerprint density at radius 1 is 1.16 bits per heavy atom. The molecule has 0 atom stereocenters. The standard InChI is InChI=1S/C20H14Cl2N2O5S2/c21-12-1-4-14(5-2-12)23-17(25)10-29-15-6-3-13(22)7-11(15)8-16-19(28)24(9-18(26)27)20(30)31-16/h1-8H,9-10H2,(H,23,25)(H,26,27)/b16-8-. The maximum Gasteiger partial charge on any atom is 0.323 e. The number of ether oxygens (including phenoxy) is 1. The van der Waals surface area contributed by atoms with Crippen molar-refractivity contribution in [2.75, 3.05) is 18.5 Å². The Kier molecular flexibility index (Phi) is 7.55. The van der Waals surface area contributed by atoms with Gasteiger partial charge in [0.15, 0.2) is 6.61 Å². The zero-order valence-electron chi connectivity index (χ0n) is 15.6. The van der Waals surface area contributed by atoms with Crippen LogP contribution in [0.2, 0.25) is 10.0 Å². The topological polar surface area (TPSA) is 95.9 Å². The van der Waals surface area contributed by atoms with Crippen LogP contribution in [0.15, 0.2) is 47.4 Å². The van der Waals surface area contributed by atoms with Crippen LogP contribution in [0.25, 0.3) is 6.08 Å². The molecule has 11 heteroatoms. The van der Waals surface area contributed by atoms with Gasteiger partial charge in [-0.15, -0.1) is 0 Å². The Labute approximate surface area is 197 Å². The van der Waals surface area contributed by atoms with Gasteiger partial charge in [0.25, 0.3) is 11.8 Å². The molecule has 0 aliphatic carbocycles. The Balaban J connectivity index is 1.73. The number of amides is 2. The minimum Gasteiger partial charge on any atom is -0.483 e. The monoisotopic (exact) mass is 496 g/mol. The fourth-order valence-corrected chi connectivity index (χ4v) is 4.10. The number of carbonyl (C=O) groups is 3. The number of carboxylic acids is 1. The van der Waals surface area contributed by atoms with Crippen molar-refractivity contribution in [2.45, 2.75) is 0 Å². The number of hydrogen-bond acceptors (Lipinski definition) is 6. The number of hydrogen-bond donors (Lipinski definition) is 2. The van der Waals surface area contributed by atoms with E-state index in [9.17, 15) is 14.4 Å². The fraction of sp³-hybridized carbons (Fsp3) is 0.100. The summed E-state index contributed by atoms with van der Waals surface area (Å²) in [7, 11) is 0. The number of anilines is 1. The van der Waals surface area contributed by atoms with Gasteiger partial charge in [-0.1, -0.05) is 47.2 Å². The highest BCUT2D eigenvalue weighted by molar-refractivity contribution is 8.26. The van der Waals surface area contributed by atoms with Crippen LogP contribution in [0.5, 0.6) is 5.75 Å². The number of carbonyl (C=O) groups excluding carboxylic acids is 2. The van der Waals surface area contributed by atoms with E-state index in [-0.39, 0.29) is 15.8 Å². The van der Waals surface area contributed by atoms with Gasteiger partial charge in [0.1, 0.15) is 16.6 Å². The fourth-order valence-electron chi connectivity index (χ4n) is 2.55. The third-order valence-electron chi connectivity index (χ3n) is 3.91. The maximum absolute atomic E-state index is 12.5. The summed E-state index contributed by atoms with van der Waals surface area (Å²) in [5.74, 6) is -1.77. The zero-order chi connectivity index (χ0) is 22.5. The third kappa shape index (κ3) is 6.20. The van der Waals surface area contributed by atoms with Crippen molar-refractivity contribution < 1.29 is 24.2 Å². The van der Waals surface area contributed by atoms with Gasteiger partial charge in [-0.2, -0.15) is 0 Å². The highest BCUT2D eigenvalue weighted by atomic mass is 35.5. The molecule has 0 saturated carbocycles. The predicted octanol–water partition coefficient (Wildman–Crippen LogP) is 4.30. The van der Waals surface area contributed by atoms with Gasteiger partial charge in [-0.25, -0.2) is 0 Å². The number of aliphatic carboxylic acids is 1. The van der Waals surface area contributed by atoms with Gasteiger partial charge in [-0.05, 0) is 48.5 Å². The predicted molar refractivity (Wildman–Crippen MR) is 125 cm³/mol. The summed E-state index contributed by atoms with van der Waals surface area (Å²) in [6.45, 7) is -0.809. The summed E-state index contributed by atoms with van der Waals surface area (Å²) in [5, 5.41) is 12.6. The number of nitrogens with zero attached hydrogens (tertiary/aromatic N) is 1. The summed E-state index contributed by atoms with van der Waals surface area (Å²) >= 11 is 18.0. The SMILES string of the molecule is O=C(O)CN1C(=O)/C(=C/c2cc(Cl)ccc2OCC(=O)Nc2ccc(Cl)cc2)SC1=S. The Morgan fingerprint density at radius 3 is 2.52 bits per heavy atom. The third-order valence-corrected chi connectivity index (χ3v) is 5.78. The second-order valence-corrected chi connectivity index (χ2v) is 8.74. The molecule has 1 aliphatic rings. The molecule has 1 aliphatic heterocycles. The molecule has 1 fully saturated rings. The lowest BCUT2D eigenvalue weighted by atomic mass is 10.2. The first-order chi connectivity index (χ1) is 14.7. The molecule has 2 amide bonds. The summed E-state index contributed by atoms with van der Waals surface area (Å²) in [5.41, 5.74) is 1.01. The van der Waals surface area contributed by atoms with Crippen molar-refractivity contribution >= 4 is 81.0 Å². The molecule has 1 heterocycles. The van der Waals surface area contributed by atoms with Crippen molar-refractivity contribution in [2.24, 2.45) is 0 Å². The van der Waals surface area contributed by atoms with Crippen LogP contribution in [-0.4, -0.2) is 45.3 Å². The second-order valence-electron chi connectivity index (χ2n) is 6.19. The largest absolute Gasteiger partial charge is 0.483 e. The molecule has 31 heavy (non-hydrogen) atoms. The van der Waals surface area contributed by atoms with Gasteiger partial charge >= 0.3 is 5.97 Å². The number of benzene rings is 2. The number of nitrogens with one attached hydrogen (secondary N) is 1. The molecule has 3 rings (SSSR count). The maximum atomic E-state index is 12.5. The first kappa shape index (κ1) is 23.1. The van der Waals surface area contributed by atoms with Gasteiger partial charge in [-0.3, -0.25) is 19.3 Å². The van der Waals surface area contributed by atoms with E-state index < -0.39 is 24.3 Å². The second kappa shape index (κ2) is 10.1. The molecule has 160 valence electrons. The molecular weight excluding hydrogens is 483 g/mol. The van der Waals surface area contributed by atoms with Gasteiger partial charge < -0.3 is 15.2 Å². The molecule has 2 aromatic rings. The number of halogens is 2. The van der Waals surface area contributed by atoms with E-state index in [4.69, 9.17) is 45.3 Å².